The summed E-state index contributed by atoms with van der Waals surface area (Å²) >= 11 is 3.64. The molecule has 0 bridgehead atoms. The van der Waals surface area contributed by atoms with Crippen molar-refractivity contribution in [3.05, 3.63) is 0 Å². The Bertz CT molecular complexity index is 271. The van der Waals surface area contributed by atoms with Gasteiger partial charge in [-0.1, -0.05) is 35.2 Å². The maximum atomic E-state index is 12.1. The summed E-state index contributed by atoms with van der Waals surface area (Å²) in [6.45, 7) is 2.25. The van der Waals surface area contributed by atoms with Crippen LogP contribution in [0.4, 0.5) is 0 Å². The lowest BCUT2D eigenvalue weighted by atomic mass is 9.75. The maximum Gasteiger partial charge on any atom is 0.225 e. The number of ether oxygens (including phenoxy) is 1. The van der Waals surface area contributed by atoms with Crippen LogP contribution in [0.2, 0.25) is 0 Å². The van der Waals surface area contributed by atoms with Gasteiger partial charge in [0.05, 0.1) is 12.5 Å². The van der Waals surface area contributed by atoms with Gasteiger partial charge in [-0.2, -0.15) is 0 Å². The fourth-order valence-corrected chi connectivity index (χ4v) is 3.78. The molecule has 1 heterocycles. The summed E-state index contributed by atoms with van der Waals surface area (Å²) < 4.78 is 5.38. The van der Waals surface area contributed by atoms with Gasteiger partial charge >= 0.3 is 0 Å². The SMILES string of the molecule is O=C(NCC1(CBr)CCCCC1)C1CCCOC1. The average Bonchev–Trinajstić information content (AvgIpc) is 2.47. The van der Waals surface area contributed by atoms with Crippen LogP contribution in [0.5, 0.6) is 0 Å². The first-order valence-corrected chi connectivity index (χ1v) is 8.29. The minimum absolute atomic E-state index is 0.0784. The van der Waals surface area contributed by atoms with Crippen molar-refractivity contribution in [2.75, 3.05) is 25.1 Å². The summed E-state index contributed by atoms with van der Waals surface area (Å²) in [5, 5.41) is 4.17. The highest BCUT2D eigenvalue weighted by molar-refractivity contribution is 9.09. The number of amides is 1. The van der Waals surface area contributed by atoms with Gasteiger partial charge < -0.3 is 10.1 Å². The van der Waals surface area contributed by atoms with Crippen molar-refractivity contribution in [3.63, 3.8) is 0 Å². The first kappa shape index (κ1) is 14.3. The van der Waals surface area contributed by atoms with E-state index in [0.29, 0.717) is 12.0 Å². The second-order valence-corrected chi connectivity index (χ2v) is 6.39. The highest BCUT2D eigenvalue weighted by Gasteiger charge is 2.32. The van der Waals surface area contributed by atoms with Gasteiger partial charge in [0.2, 0.25) is 5.91 Å². The highest BCUT2D eigenvalue weighted by Crippen LogP contribution is 2.37. The molecule has 2 fully saturated rings. The Hall–Kier alpha value is -0.0900. The first-order chi connectivity index (χ1) is 8.76. The Morgan fingerprint density at radius 1 is 1.28 bits per heavy atom. The van der Waals surface area contributed by atoms with E-state index in [9.17, 15) is 4.79 Å². The first-order valence-electron chi connectivity index (χ1n) is 7.17. The molecule has 0 aromatic heterocycles. The normalized spacial score (nSPS) is 27.7. The number of halogens is 1. The number of rotatable bonds is 4. The summed E-state index contributed by atoms with van der Waals surface area (Å²) in [6.07, 6.45) is 8.41. The lowest BCUT2D eigenvalue weighted by Gasteiger charge is -2.36. The second-order valence-electron chi connectivity index (χ2n) is 5.83. The fraction of sp³-hybridized carbons (Fsp3) is 0.929. The molecule has 2 aliphatic rings. The molecule has 1 saturated heterocycles. The summed E-state index contributed by atoms with van der Waals surface area (Å²) in [4.78, 5) is 12.1. The molecule has 1 unspecified atom stereocenters. The zero-order valence-corrected chi connectivity index (χ0v) is 12.6. The van der Waals surface area contributed by atoms with Crippen LogP contribution >= 0.6 is 15.9 Å². The van der Waals surface area contributed by atoms with Crippen LogP contribution in [-0.4, -0.2) is 31.0 Å². The summed E-state index contributed by atoms with van der Waals surface area (Å²) in [5.41, 5.74) is 0.295. The predicted octanol–water partition coefficient (Wildman–Crippen LogP) is 2.87. The van der Waals surface area contributed by atoms with E-state index >= 15 is 0 Å². The monoisotopic (exact) mass is 317 g/mol. The van der Waals surface area contributed by atoms with Gasteiger partial charge in [-0.15, -0.1) is 0 Å². The van der Waals surface area contributed by atoms with Crippen LogP contribution < -0.4 is 5.32 Å². The lowest BCUT2D eigenvalue weighted by Crippen LogP contribution is -2.43. The zero-order valence-electron chi connectivity index (χ0n) is 11.0. The van der Waals surface area contributed by atoms with E-state index in [1.807, 2.05) is 0 Å². The summed E-state index contributed by atoms with van der Waals surface area (Å²) in [6, 6.07) is 0. The molecule has 0 radical (unpaired) electrons. The van der Waals surface area contributed by atoms with Crippen molar-refractivity contribution in [2.24, 2.45) is 11.3 Å². The van der Waals surface area contributed by atoms with Crippen LogP contribution in [0.25, 0.3) is 0 Å². The molecule has 0 aromatic carbocycles. The number of nitrogens with one attached hydrogen (secondary N) is 1. The van der Waals surface area contributed by atoms with Crippen molar-refractivity contribution in [2.45, 2.75) is 44.9 Å². The van der Waals surface area contributed by atoms with E-state index in [4.69, 9.17) is 4.74 Å². The average molecular weight is 318 g/mol. The molecular weight excluding hydrogens is 294 g/mol. The van der Waals surface area contributed by atoms with Gasteiger partial charge in [0, 0.05) is 18.5 Å². The number of carbonyl (C=O) groups is 1. The van der Waals surface area contributed by atoms with Gasteiger partial charge in [0.1, 0.15) is 0 Å². The highest BCUT2D eigenvalue weighted by atomic mass is 79.9. The molecule has 18 heavy (non-hydrogen) atoms. The zero-order chi connectivity index (χ0) is 12.8. The van der Waals surface area contributed by atoms with E-state index in [0.717, 1.165) is 31.3 Å². The van der Waals surface area contributed by atoms with E-state index in [-0.39, 0.29) is 11.8 Å². The largest absolute Gasteiger partial charge is 0.381 e. The standard InChI is InChI=1S/C14H24BrNO2/c15-10-14(6-2-1-3-7-14)11-16-13(17)12-5-4-8-18-9-12/h12H,1-11H2,(H,16,17). The third-order valence-electron chi connectivity index (χ3n) is 4.37. The minimum Gasteiger partial charge on any atom is -0.381 e. The van der Waals surface area contributed by atoms with E-state index in [1.165, 1.54) is 32.1 Å². The number of alkyl halides is 1. The van der Waals surface area contributed by atoms with Gasteiger partial charge in [0.15, 0.2) is 0 Å². The van der Waals surface area contributed by atoms with E-state index in [1.54, 1.807) is 0 Å². The van der Waals surface area contributed by atoms with Crippen LogP contribution in [0, 0.1) is 11.3 Å². The lowest BCUT2D eigenvalue weighted by molar-refractivity contribution is -0.129. The quantitative estimate of drug-likeness (QED) is 0.810. The molecule has 3 nitrogen and oxygen atoms in total. The third kappa shape index (κ3) is 3.70. The van der Waals surface area contributed by atoms with Crippen LogP contribution in [-0.2, 0) is 9.53 Å². The van der Waals surface area contributed by atoms with E-state index in [2.05, 4.69) is 21.2 Å². The topological polar surface area (TPSA) is 38.3 Å². The van der Waals surface area contributed by atoms with Gasteiger partial charge in [-0.05, 0) is 31.1 Å². The third-order valence-corrected chi connectivity index (χ3v) is 5.56. The van der Waals surface area contributed by atoms with Gasteiger partial charge in [-0.25, -0.2) is 0 Å². The van der Waals surface area contributed by atoms with Crippen LogP contribution in [0.3, 0.4) is 0 Å². The Balaban J connectivity index is 1.79. The molecule has 4 heteroatoms. The van der Waals surface area contributed by atoms with Gasteiger partial charge in [0.25, 0.3) is 0 Å². The van der Waals surface area contributed by atoms with Crippen molar-refractivity contribution in [3.8, 4) is 0 Å². The van der Waals surface area contributed by atoms with Gasteiger partial charge in [-0.3, -0.25) is 4.79 Å². The molecule has 0 spiro atoms. The molecule has 2 rings (SSSR count). The number of hydrogen-bond donors (Lipinski definition) is 1. The van der Waals surface area contributed by atoms with Crippen molar-refractivity contribution in [1.29, 1.82) is 0 Å². The summed E-state index contributed by atoms with van der Waals surface area (Å²) in [5.74, 6) is 0.273. The molecule has 1 atom stereocenters. The summed E-state index contributed by atoms with van der Waals surface area (Å²) in [7, 11) is 0. The molecule has 104 valence electrons. The number of carbonyl (C=O) groups excluding carboxylic acids is 1. The Morgan fingerprint density at radius 2 is 2.06 bits per heavy atom. The fourth-order valence-electron chi connectivity index (χ4n) is 3.03. The molecule has 1 N–H and O–H groups in total. The molecule has 1 aliphatic heterocycles. The minimum atomic E-state index is 0.0784. The van der Waals surface area contributed by atoms with Crippen molar-refractivity contribution in [1.82, 2.24) is 5.32 Å². The van der Waals surface area contributed by atoms with Crippen molar-refractivity contribution >= 4 is 21.8 Å². The van der Waals surface area contributed by atoms with E-state index < -0.39 is 0 Å². The molecule has 1 amide bonds. The Labute approximate surface area is 118 Å². The Kier molecular flexibility index (Phi) is 5.49. The second kappa shape index (κ2) is 6.90. The van der Waals surface area contributed by atoms with Crippen LogP contribution in [0.1, 0.15) is 44.9 Å². The number of hydrogen-bond acceptors (Lipinski definition) is 2. The van der Waals surface area contributed by atoms with Crippen LogP contribution in [0.15, 0.2) is 0 Å². The molecular formula is C14H24BrNO2. The molecule has 0 aromatic rings. The smallest absolute Gasteiger partial charge is 0.225 e. The maximum absolute atomic E-state index is 12.1. The molecule has 1 aliphatic carbocycles. The van der Waals surface area contributed by atoms with Crippen molar-refractivity contribution < 1.29 is 9.53 Å². The predicted molar refractivity (Wildman–Crippen MR) is 75.9 cm³/mol. The Morgan fingerprint density at radius 3 is 2.67 bits per heavy atom. The molecule has 1 saturated carbocycles.